The molecular formula is C13H16F3NO2S. The topological polar surface area (TPSA) is 30.5 Å². The number of rotatable bonds is 5. The Kier molecular flexibility index (Phi) is 5.04. The largest absolute Gasteiger partial charge is 0.486 e. The maximum absolute atomic E-state index is 12.1. The maximum atomic E-state index is 12.1. The van der Waals surface area contributed by atoms with Gasteiger partial charge in [0.1, 0.15) is 13.2 Å². The number of halogens is 3. The zero-order chi connectivity index (χ0) is 14.6. The SMILES string of the molecule is CSc1cc2c(cc1CNCCC(F)(F)F)OCCO2. The first-order valence-corrected chi connectivity index (χ1v) is 7.46. The Morgan fingerprint density at radius 1 is 1.20 bits per heavy atom. The molecule has 0 bridgehead atoms. The molecule has 1 aliphatic heterocycles. The van der Waals surface area contributed by atoms with Gasteiger partial charge in [-0.05, 0) is 24.0 Å². The predicted molar refractivity (Wildman–Crippen MR) is 71.6 cm³/mol. The maximum Gasteiger partial charge on any atom is 0.390 e. The van der Waals surface area contributed by atoms with E-state index in [0.29, 0.717) is 31.3 Å². The van der Waals surface area contributed by atoms with Gasteiger partial charge in [-0.2, -0.15) is 13.2 Å². The van der Waals surface area contributed by atoms with Crippen molar-refractivity contribution < 1.29 is 22.6 Å². The summed E-state index contributed by atoms with van der Waals surface area (Å²) in [5.41, 5.74) is 0.920. The van der Waals surface area contributed by atoms with Crippen LogP contribution < -0.4 is 14.8 Å². The fourth-order valence-electron chi connectivity index (χ4n) is 1.89. The van der Waals surface area contributed by atoms with E-state index in [0.717, 1.165) is 10.5 Å². The lowest BCUT2D eigenvalue weighted by Crippen LogP contribution is -2.22. The molecule has 1 aromatic carbocycles. The van der Waals surface area contributed by atoms with E-state index >= 15 is 0 Å². The minimum Gasteiger partial charge on any atom is -0.486 e. The third-order valence-corrected chi connectivity index (χ3v) is 3.67. The van der Waals surface area contributed by atoms with Gasteiger partial charge in [0.25, 0.3) is 0 Å². The summed E-state index contributed by atoms with van der Waals surface area (Å²) in [7, 11) is 0. The molecule has 1 aliphatic rings. The highest BCUT2D eigenvalue weighted by atomic mass is 32.2. The highest BCUT2D eigenvalue weighted by molar-refractivity contribution is 7.98. The smallest absolute Gasteiger partial charge is 0.390 e. The summed E-state index contributed by atoms with van der Waals surface area (Å²) >= 11 is 1.53. The Morgan fingerprint density at radius 2 is 1.85 bits per heavy atom. The summed E-state index contributed by atoms with van der Waals surface area (Å²) in [4.78, 5) is 0.980. The van der Waals surface area contributed by atoms with Gasteiger partial charge < -0.3 is 14.8 Å². The van der Waals surface area contributed by atoms with Gasteiger partial charge in [0.05, 0.1) is 6.42 Å². The van der Waals surface area contributed by atoms with Crippen LogP contribution in [-0.4, -0.2) is 32.2 Å². The number of nitrogens with one attached hydrogen (secondary N) is 1. The minimum atomic E-state index is -4.12. The summed E-state index contributed by atoms with van der Waals surface area (Å²) in [6, 6.07) is 3.71. The van der Waals surface area contributed by atoms with Crippen LogP contribution in [0, 0.1) is 0 Å². The molecule has 0 unspecified atom stereocenters. The molecule has 112 valence electrons. The molecule has 0 atom stereocenters. The van der Waals surface area contributed by atoms with E-state index in [4.69, 9.17) is 9.47 Å². The third-order valence-electron chi connectivity index (χ3n) is 2.85. The van der Waals surface area contributed by atoms with Gasteiger partial charge in [-0.3, -0.25) is 0 Å². The molecule has 0 amide bonds. The van der Waals surface area contributed by atoms with Crippen LogP contribution in [0.25, 0.3) is 0 Å². The van der Waals surface area contributed by atoms with Crippen LogP contribution in [0.2, 0.25) is 0 Å². The minimum absolute atomic E-state index is 0.0915. The Morgan fingerprint density at radius 3 is 2.45 bits per heavy atom. The summed E-state index contributed by atoms with van der Waals surface area (Å²) in [5, 5.41) is 2.81. The van der Waals surface area contributed by atoms with Crippen molar-refractivity contribution in [2.24, 2.45) is 0 Å². The summed E-state index contributed by atoms with van der Waals surface area (Å²) in [6.45, 7) is 1.30. The molecular weight excluding hydrogens is 291 g/mol. The number of ether oxygens (including phenoxy) is 2. The molecule has 1 heterocycles. The average Bonchev–Trinajstić information content (AvgIpc) is 2.41. The van der Waals surface area contributed by atoms with Crippen molar-refractivity contribution >= 4 is 11.8 Å². The Labute approximate surface area is 119 Å². The van der Waals surface area contributed by atoms with Crippen molar-refractivity contribution in [1.29, 1.82) is 0 Å². The molecule has 0 fully saturated rings. The number of alkyl halides is 3. The normalized spacial score (nSPS) is 14.4. The molecule has 0 radical (unpaired) electrons. The van der Waals surface area contributed by atoms with Gasteiger partial charge >= 0.3 is 6.18 Å². The number of hydrogen-bond donors (Lipinski definition) is 1. The van der Waals surface area contributed by atoms with Gasteiger partial charge in [-0.25, -0.2) is 0 Å². The van der Waals surface area contributed by atoms with Crippen LogP contribution in [0.3, 0.4) is 0 Å². The first-order chi connectivity index (χ1) is 9.49. The van der Waals surface area contributed by atoms with Crippen molar-refractivity contribution in [3.8, 4) is 11.5 Å². The van der Waals surface area contributed by atoms with Gasteiger partial charge in [-0.1, -0.05) is 0 Å². The molecule has 3 nitrogen and oxygen atoms in total. The zero-order valence-corrected chi connectivity index (χ0v) is 11.9. The molecule has 2 rings (SSSR count). The highest BCUT2D eigenvalue weighted by Gasteiger charge is 2.26. The van der Waals surface area contributed by atoms with Crippen LogP contribution in [0.5, 0.6) is 11.5 Å². The average molecular weight is 307 g/mol. The van der Waals surface area contributed by atoms with Crippen LogP contribution in [-0.2, 0) is 6.54 Å². The quantitative estimate of drug-likeness (QED) is 0.668. The molecule has 20 heavy (non-hydrogen) atoms. The number of fused-ring (bicyclic) bond motifs is 1. The second-order valence-electron chi connectivity index (χ2n) is 4.35. The first-order valence-electron chi connectivity index (χ1n) is 6.23. The highest BCUT2D eigenvalue weighted by Crippen LogP contribution is 2.36. The van der Waals surface area contributed by atoms with E-state index in [1.807, 2.05) is 18.4 Å². The van der Waals surface area contributed by atoms with Crippen LogP contribution in [0.1, 0.15) is 12.0 Å². The van der Waals surface area contributed by atoms with Crippen molar-refractivity contribution in [3.63, 3.8) is 0 Å². The van der Waals surface area contributed by atoms with Crippen LogP contribution >= 0.6 is 11.8 Å². The Balaban J connectivity index is 1.99. The standard InChI is InChI=1S/C13H16F3NO2S/c1-20-12-7-11-10(18-4-5-19-11)6-9(12)8-17-3-2-13(14,15)16/h6-7,17H,2-5,8H2,1H3. The van der Waals surface area contributed by atoms with Crippen molar-refractivity contribution in [2.75, 3.05) is 26.0 Å². The van der Waals surface area contributed by atoms with Crippen molar-refractivity contribution in [3.05, 3.63) is 17.7 Å². The molecule has 0 saturated carbocycles. The zero-order valence-electron chi connectivity index (χ0n) is 11.0. The fourth-order valence-corrected chi connectivity index (χ4v) is 2.51. The molecule has 7 heteroatoms. The first kappa shape index (κ1) is 15.3. The van der Waals surface area contributed by atoms with Gasteiger partial charge in [0, 0.05) is 18.0 Å². The van der Waals surface area contributed by atoms with E-state index in [1.54, 1.807) is 0 Å². The number of benzene rings is 1. The fraction of sp³-hybridized carbons (Fsp3) is 0.538. The third kappa shape index (κ3) is 4.21. The van der Waals surface area contributed by atoms with Crippen LogP contribution in [0.4, 0.5) is 13.2 Å². The Hall–Kier alpha value is -1.08. The summed E-state index contributed by atoms with van der Waals surface area (Å²) in [6.07, 6.45) is -3.03. The van der Waals surface area contributed by atoms with Gasteiger partial charge in [0.2, 0.25) is 0 Å². The molecule has 0 aromatic heterocycles. The van der Waals surface area contributed by atoms with E-state index in [1.165, 1.54) is 11.8 Å². The molecule has 1 aromatic rings. The van der Waals surface area contributed by atoms with E-state index in [9.17, 15) is 13.2 Å². The monoisotopic (exact) mass is 307 g/mol. The number of thioether (sulfide) groups is 1. The van der Waals surface area contributed by atoms with E-state index in [-0.39, 0.29) is 6.54 Å². The lowest BCUT2D eigenvalue weighted by atomic mass is 10.2. The van der Waals surface area contributed by atoms with E-state index in [2.05, 4.69) is 5.32 Å². The molecule has 1 N–H and O–H groups in total. The molecule has 0 saturated heterocycles. The summed E-state index contributed by atoms with van der Waals surface area (Å²) < 4.78 is 47.2. The summed E-state index contributed by atoms with van der Waals surface area (Å²) in [5.74, 6) is 1.35. The lowest BCUT2D eigenvalue weighted by Gasteiger charge is -2.21. The van der Waals surface area contributed by atoms with Gasteiger partial charge in [-0.15, -0.1) is 11.8 Å². The molecule has 0 aliphatic carbocycles. The predicted octanol–water partition coefficient (Wildman–Crippen LogP) is 3.22. The number of hydrogen-bond acceptors (Lipinski definition) is 4. The second-order valence-corrected chi connectivity index (χ2v) is 5.20. The van der Waals surface area contributed by atoms with Gasteiger partial charge in [0.15, 0.2) is 11.5 Å². The van der Waals surface area contributed by atoms with Crippen LogP contribution in [0.15, 0.2) is 17.0 Å². The lowest BCUT2D eigenvalue weighted by molar-refractivity contribution is -0.133. The van der Waals surface area contributed by atoms with Crippen molar-refractivity contribution in [2.45, 2.75) is 24.0 Å². The Bertz CT molecular complexity index is 466. The van der Waals surface area contributed by atoms with E-state index < -0.39 is 12.6 Å². The van der Waals surface area contributed by atoms with Crippen molar-refractivity contribution in [1.82, 2.24) is 5.32 Å². The molecule has 0 spiro atoms. The second kappa shape index (κ2) is 6.58.